The number of aliphatic hydroxyl groups excluding tert-OH is 1. The van der Waals surface area contributed by atoms with Gasteiger partial charge in [0.1, 0.15) is 11.6 Å². The van der Waals surface area contributed by atoms with E-state index in [2.05, 4.69) is 10.6 Å². The zero-order valence-corrected chi connectivity index (χ0v) is 15.4. The quantitative estimate of drug-likeness (QED) is 0.572. The molecule has 1 rings (SSSR count). The minimum Gasteiger partial charge on any atom is -0.480 e. The van der Waals surface area contributed by atoms with Gasteiger partial charge in [-0.25, -0.2) is 9.59 Å². The fourth-order valence-electron chi connectivity index (χ4n) is 2.15. The van der Waals surface area contributed by atoms with E-state index >= 15 is 0 Å². The summed E-state index contributed by atoms with van der Waals surface area (Å²) in [4.78, 5) is 35.7. The minimum atomic E-state index is -1.48. The fraction of sp³-hybridized carbons (Fsp3) is 0.500. The van der Waals surface area contributed by atoms with Crippen LogP contribution in [0.4, 0.5) is 4.79 Å². The van der Waals surface area contributed by atoms with E-state index in [4.69, 9.17) is 9.84 Å². The molecule has 0 aromatic heterocycles. The van der Waals surface area contributed by atoms with Crippen LogP contribution in [0.25, 0.3) is 0 Å². The highest BCUT2D eigenvalue weighted by molar-refractivity contribution is 5.89. The van der Waals surface area contributed by atoms with E-state index < -0.39 is 41.8 Å². The highest BCUT2D eigenvalue weighted by Gasteiger charge is 2.30. The van der Waals surface area contributed by atoms with E-state index in [0.29, 0.717) is 0 Å². The molecule has 3 atom stereocenters. The number of aliphatic carboxylic acids is 1. The van der Waals surface area contributed by atoms with Gasteiger partial charge >= 0.3 is 12.1 Å². The number of hydrogen-bond donors (Lipinski definition) is 4. The second kappa shape index (κ2) is 9.19. The van der Waals surface area contributed by atoms with E-state index in [0.717, 1.165) is 5.56 Å². The number of nitrogens with one attached hydrogen (secondary N) is 2. The van der Waals surface area contributed by atoms with Gasteiger partial charge in [0.15, 0.2) is 6.04 Å². The number of ether oxygens (including phenoxy) is 1. The zero-order valence-electron chi connectivity index (χ0n) is 15.4. The van der Waals surface area contributed by atoms with Crippen molar-refractivity contribution in [2.24, 2.45) is 0 Å². The topological polar surface area (TPSA) is 125 Å². The maximum atomic E-state index is 12.5. The summed E-state index contributed by atoms with van der Waals surface area (Å²) in [6.45, 7) is 6.32. The van der Waals surface area contributed by atoms with Gasteiger partial charge in [-0.2, -0.15) is 0 Å². The van der Waals surface area contributed by atoms with Crippen LogP contribution in [0.2, 0.25) is 0 Å². The largest absolute Gasteiger partial charge is 0.480 e. The van der Waals surface area contributed by atoms with Crippen LogP contribution >= 0.6 is 0 Å². The van der Waals surface area contributed by atoms with Crippen LogP contribution in [0.15, 0.2) is 30.3 Å². The second-order valence-electron chi connectivity index (χ2n) is 6.95. The Morgan fingerprint density at radius 1 is 1.12 bits per heavy atom. The normalized spacial score (nSPS) is 14.7. The lowest BCUT2D eigenvalue weighted by Crippen LogP contribution is -2.55. The van der Waals surface area contributed by atoms with E-state index in [9.17, 15) is 19.5 Å². The zero-order chi connectivity index (χ0) is 19.9. The van der Waals surface area contributed by atoms with Gasteiger partial charge in [0.05, 0.1) is 6.10 Å². The molecule has 1 aromatic rings. The van der Waals surface area contributed by atoms with Crippen LogP contribution in [0, 0.1) is 0 Å². The standard InChI is InChI=1S/C18H26N2O6/c1-11(21)14(16(23)24)20-15(22)13(10-12-8-6-5-7-9-12)19-17(25)26-18(2,3)4/h5-9,11,13-14,21H,10H2,1-4H3,(H,19,25)(H,20,22)(H,23,24)/t11-,13+,14+/m1/s1. The van der Waals surface area contributed by atoms with Crippen LogP contribution < -0.4 is 10.6 Å². The molecule has 0 unspecified atom stereocenters. The van der Waals surface area contributed by atoms with Crippen LogP contribution in [-0.4, -0.2) is 52.0 Å². The van der Waals surface area contributed by atoms with Crippen molar-refractivity contribution in [3.63, 3.8) is 0 Å². The third-order valence-corrected chi connectivity index (χ3v) is 3.34. The molecule has 0 fully saturated rings. The van der Waals surface area contributed by atoms with Crippen molar-refractivity contribution in [3.05, 3.63) is 35.9 Å². The molecule has 0 aliphatic rings. The number of alkyl carbamates (subject to hydrolysis) is 1. The molecule has 2 amide bonds. The molecular weight excluding hydrogens is 340 g/mol. The van der Waals surface area contributed by atoms with Gasteiger partial charge in [0.25, 0.3) is 0 Å². The number of hydrogen-bond acceptors (Lipinski definition) is 5. The molecule has 0 spiro atoms. The molecule has 1 aromatic carbocycles. The molecule has 144 valence electrons. The van der Waals surface area contributed by atoms with Crippen molar-refractivity contribution >= 4 is 18.0 Å². The molecular formula is C18H26N2O6. The molecule has 0 saturated heterocycles. The van der Waals surface area contributed by atoms with Gasteiger partial charge in [0, 0.05) is 6.42 Å². The summed E-state index contributed by atoms with van der Waals surface area (Å²) in [7, 11) is 0. The lowest BCUT2D eigenvalue weighted by atomic mass is 10.0. The number of carbonyl (C=O) groups is 3. The minimum absolute atomic E-state index is 0.137. The average Bonchev–Trinajstić information content (AvgIpc) is 2.50. The van der Waals surface area contributed by atoms with Crippen LogP contribution in [0.3, 0.4) is 0 Å². The number of benzene rings is 1. The molecule has 26 heavy (non-hydrogen) atoms. The number of carboxylic acid groups (broad SMARTS) is 1. The van der Waals surface area contributed by atoms with Gasteiger partial charge in [-0.1, -0.05) is 30.3 Å². The summed E-state index contributed by atoms with van der Waals surface area (Å²) < 4.78 is 5.16. The molecule has 0 heterocycles. The number of carboxylic acids is 1. The maximum Gasteiger partial charge on any atom is 0.408 e. The van der Waals surface area contributed by atoms with E-state index in [1.54, 1.807) is 45.0 Å². The van der Waals surface area contributed by atoms with Crippen molar-refractivity contribution in [2.75, 3.05) is 0 Å². The van der Waals surface area contributed by atoms with Crippen LogP contribution in [0.5, 0.6) is 0 Å². The summed E-state index contributed by atoms with van der Waals surface area (Å²) in [6.07, 6.45) is -1.95. The van der Waals surface area contributed by atoms with Gasteiger partial charge in [-0.15, -0.1) is 0 Å². The first-order chi connectivity index (χ1) is 12.0. The third-order valence-electron chi connectivity index (χ3n) is 3.34. The second-order valence-corrected chi connectivity index (χ2v) is 6.95. The average molecular weight is 366 g/mol. The molecule has 8 nitrogen and oxygen atoms in total. The predicted octanol–water partition coefficient (Wildman–Crippen LogP) is 1.07. The predicted molar refractivity (Wildman–Crippen MR) is 94.6 cm³/mol. The van der Waals surface area contributed by atoms with Crippen molar-refractivity contribution < 1.29 is 29.3 Å². The Morgan fingerprint density at radius 3 is 2.15 bits per heavy atom. The van der Waals surface area contributed by atoms with Crippen molar-refractivity contribution in [1.29, 1.82) is 0 Å². The van der Waals surface area contributed by atoms with E-state index in [-0.39, 0.29) is 6.42 Å². The number of carbonyl (C=O) groups excluding carboxylic acids is 2. The van der Waals surface area contributed by atoms with E-state index in [1.807, 2.05) is 6.07 Å². The fourth-order valence-corrected chi connectivity index (χ4v) is 2.15. The molecule has 0 aliphatic carbocycles. The Hall–Kier alpha value is -2.61. The Kier molecular flexibility index (Phi) is 7.57. The first-order valence-corrected chi connectivity index (χ1v) is 8.24. The summed E-state index contributed by atoms with van der Waals surface area (Å²) >= 11 is 0. The number of aliphatic hydroxyl groups is 1. The van der Waals surface area contributed by atoms with Gasteiger partial charge in [0.2, 0.25) is 5.91 Å². The van der Waals surface area contributed by atoms with Crippen molar-refractivity contribution in [1.82, 2.24) is 10.6 Å². The van der Waals surface area contributed by atoms with Crippen LogP contribution in [-0.2, 0) is 20.7 Å². The highest BCUT2D eigenvalue weighted by Crippen LogP contribution is 2.09. The van der Waals surface area contributed by atoms with Gasteiger partial charge in [-0.3, -0.25) is 4.79 Å². The van der Waals surface area contributed by atoms with Gasteiger partial charge < -0.3 is 25.6 Å². The summed E-state index contributed by atoms with van der Waals surface area (Å²) in [5.41, 5.74) is 0.0220. The Balaban J connectivity index is 2.93. The van der Waals surface area contributed by atoms with Gasteiger partial charge in [-0.05, 0) is 33.3 Å². The SMILES string of the molecule is C[C@@H](O)[C@H](NC(=O)[C@H](Cc1ccccc1)NC(=O)OC(C)(C)C)C(=O)O. The molecule has 0 bridgehead atoms. The summed E-state index contributed by atoms with van der Waals surface area (Å²) in [5, 5.41) is 23.3. The first-order valence-electron chi connectivity index (χ1n) is 8.24. The maximum absolute atomic E-state index is 12.5. The van der Waals surface area contributed by atoms with Crippen molar-refractivity contribution in [2.45, 2.75) is 57.9 Å². The third kappa shape index (κ3) is 7.52. The first kappa shape index (κ1) is 21.4. The Bertz CT molecular complexity index is 624. The molecule has 4 N–H and O–H groups in total. The van der Waals surface area contributed by atoms with Crippen molar-refractivity contribution in [3.8, 4) is 0 Å². The number of amides is 2. The monoisotopic (exact) mass is 366 g/mol. The number of rotatable bonds is 7. The van der Waals surface area contributed by atoms with Crippen LogP contribution in [0.1, 0.15) is 33.3 Å². The summed E-state index contributed by atoms with van der Waals surface area (Å²) in [5.74, 6) is -2.10. The molecule has 0 saturated carbocycles. The Morgan fingerprint density at radius 2 is 1.69 bits per heavy atom. The smallest absolute Gasteiger partial charge is 0.408 e. The Labute approximate surface area is 152 Å². The summed E-state index contributed by atoms with van der Waals surface area (Å²) in [6, 6.07) is 6.39. The lowest BCUT2D eigenvalue weighted by molar-refractivity contribution is -0.145. The van der Waals surface area contributed by atoms with E-state index in [1.165, 1.54) is 6.92 Å². The highest BCUT2D eigenvalue weighted by atomic mass is 16.6. The molecule has 8 heteroatoms. The molecule has 0 radical (unpaired) electrons. The molecule has 0 aliphatic heterocycles. The lowest BCUT2D eigenvalue weighted by Gasteiger charge is -2.25.